The van der Waals surface area contributed by atoms with Crippen LogP contribution < -0.4 is 15.4 Å². The van der Waals surface area contributed by atoms with E-state index in [2.05, 4.69) is 10.6 Å². The molecule has 0 radical (unpaired) electrons. The van der Waals surface area contributed by atoms with Crippen LogP contribution in [0.4, 0.5) is 11.4 Å². The molecule has 2 amide bonds. The van der Waals surface area contributed by atoms with Gasteiger partial charge in [-0.25, -0.2) is 0 Å². The van der Waals surface area contributed by atoms with Gasteiger partial charge in [-0.2, -0.15) is 0 Å². The highest BCUT2D eigenvalue weighted by molar-refractivity contribution is 6.04. The van der Waals surface area contributed by atoms with Gasteiger partial charge in [-0.3, -0.25) is 9.59 Å². The Balaban J connectivity index is 1.55. The summed E-state index contributed by atoms with van der Waals surface area (Å²) in [6.45, 7) is 3.87. The summed E-state index contributed by atoms with van der Waals surface area (Å²) in [7, 11) is 0. The second-order valence-corrected chi connectivity index (χ2v) is 6.43. The number of carbonyl (C=O) groups is 2. The molecule has 0 aliphatic heterocycles. The summed E-state index contributed by atoms with van der Waals surface area (Å²) in [5.74, 6) is 0.0801. The lowest BCUT2D eigenvalue weighted by Crippen LogP contribution is -2.20. The van der Waals surface area contributed by atoms with Crippen molar-refractivity contribution < 1.29 is 14.3 Å². The molecule has 0 saturated carbocycles. The molecule has 3 aromatic rings. The van der Waals surface area contributed by atoms with Crippen LogP contribution >= 0.6 is 0 Å². The minimum atomic E-state index is -0.247. The van der Waals surface area contributed by atoms with Gasteiger partial charge in [-0.15, -0.1) is 0 Å². The molecule has 0 saturated heterocycles. The molecule has 0 heterocycles. The molecule has 0 spiro atoms. The number of amides is 2. The molecule has 0 aromatic heterocycles. The van der Waals surface area contributed by atoms with Gasteiger partial charge in [0.2, 0.25) is 0 Å². The smallest absolute Gasteiger partial charge is 0.262 e. The predicted octanol–water partition coefficient (Wildman–Crippen LogP) is 4.57. The van der Waals surface area contributed by atoms with Gasteiger partial charge >= 0.3 is 0 Å². The number of aryl methyl sites for hydroxylation is 1. The van der Waals surface area contributed by atoms with E-state index >= 15 is 0 Å². The van der Waals surface area contributed by atoms with Crippen LogP contribution in [0.1, 0.15) is 21.5 Å². The van der Waals surface area contributed by atoms with Crippen molar-refractivity contribution in [3.63, 3.8) is 0 Å². The Bertz CT molecular complexity index is 967. The van der Waals surface area contributed by atoms with E-state index in [0.717, 1.165) is 22.5 Å². The van der Waals surface area contributed by atoms with E-state index in [0.29, 0.717) is 11.3 Å². The minimum absolute atomic E-state index is 0.108. The molecule has 5 nitrogen and oxygen atoms in total. The number of para-hydroxylation sites is 1. The molecular weight excluding hydrogens is 352 g/mol. The van der Waals surface area contributed by atoms with Gasteiger partial charge in [0.05, 0.1) is 0 Å². The van der Waals surface area contributed by atoms with Crippen molar-refractivity contribution in [1.29, 1.82) is 0 Å². The fourth-order valence-electron chi connectivity index (χ4n) is 2.65. The number of benzene rings is 3. The van der Waals surface area contributed by atoms with Gasteiger partial charge in [0.25, 0.3) is 11.8 Å². The van der Waals surface area contributed by atoms with Crippen LogP contribution in [0.2, 0.25) is 0 Å². The standard InChI is InChI=1S/C23H22N2O3/c1-16-7-6-10-21(17(16)2)25-23(27)18-11-13-20(14-12-18)28-15-22(26)24-19-8-4-3-5-9-19/h3-14H,15H2,1-2H3,(H,24,26)(H,25,27). The van der Waals surface area contributed by atoms with Gasteiger partial charge in [-0.05, 0) is 67.4 Å². The summed E-state index contributed by atoms with van der Waals surface area (Å²) in [5.41, 5.74) is 4.19. The average molecular weight is 374 g/mol. The Morgan fingerprint density at radius 2 is 1.54 bits per heavy atom. The first-order chi connectivity index (χ1) is 13.5. The quantitative estimate of drug-likeness (QED) is 0.664. The molecule has 3 rings (SSSR count). The topological polar surface area (TPSA) is 67.4 Å². The van der Waals surface area contributed by atoms with Crippen molar-refractivity contribution >= 4 is 23.2 Å². The van der Waals surface area contributed by atoms with Gasteiger partial charge in [0, 0.05) is 16.9 Å². The number of ether oxygens (including phenoxy) is 1. The molecule has 0 fully saturated rings. The zero-order chi connectivity index (χ0) is 19.9. The molecule has 0 aliphatic rings. The zero-order valence-corrected chi connectivity index (χ0v) is 15.9. The highest BCUT2D eigenvalue weighted by atomic mass is 16.5. The molecule has 0 unspecified atom stereocenters. The predicted molar refractivity (Wildman–Crippen MR) is 111 cm³/mol. The van der Waals surface area contributed by atoms with E-state index in [-0.39, 0.29) is 18.4 Å². The molecule has 5 heteroatoms. The molecule has 0 bridgehead atoms. The average Bonchev–Trinajstić information content (AvgIpc) is 2.71. The lowest BCUT2D eigenvalue weighted by molar-refractivity contribution is -0.118. The Hall–Kier alpha value is -3.60. The second kappa shape index (κ2) is 8.86. The lowest BCUT2D eigenvalue weighted by Gasteiger charge is -2.11. The normalized spacial score (nSPS) is 10.2. The van der Waals surface area contributed by atoms with Gasteiger partial charge in [0.1, 0.15) is 5.75 Å². The molecule has 28 heavy (non-hydrogen) atoms. The SMILES string of the molecule is Cc1cccc(NC(=O)c2ccc(OCC(=O)Nc3ccccc3)cc2)c1C. The van der Waals surface area contributed by atoms with E-state index in [4.69, 9.17) is 4.74 Å². The largest absolute Gasteiger partial charge is 0.484 e. The fourth-order valence-corrected chi connectivity index (χ4v) is 2.65. The Labute approximate surface area is 164 Å². The van der Waals surface area contributed by atoms with Crippen molar-refractivity contribution in [2.75, 3.05) is 17.2 Å². The van der Waals surface area contributed by atoms with Crippen LogP contribution in [0.15, 0.2) is 72.8 Å². The number of carbonyl (C=O) groups excluding carboxylic acids is 2. The number of nitrogens with one attached hydrogen (secondary N) is 2. The first-order valence-electron chi connectivity index (χ1n) is 8.98. The second-order valence-electron chi connectivity index (χ2n) is 6.43. The summed E-state index contributed by atoms with van der Waals surface area (Å²) in [6, 6.07) is 21.7. The molecule has 0 aliphatic carbocycles. The summed E-state index contributed by atoms with van der Waals surface area (Å²) < 4.78 is 5.48. The molecule has 142 valence electrons. The van der Waals surface area contributed by atoms with Crippen molar-refractivity contribution in [1.82, 2.24) is 0 Å². The number of hydrogen-bond donors (Lipinski definition) is 2. The molecule has 2 N–H and O–H groups in total. The van der Waals surface area contributed by atoms with Crippen molar-refractivity contribution in [3.8, 4) is 5.75 Å². The lowest BCUT2D eigenvalue weighted by atomic mass is 10.1. The highest BCUT2D eigenvalue weighted by Crippen LogP contribution is 2.19. The Morgan fingerprint density at radius 3 is 2.25 bits per heavy atom. The van der Waals surface area contributed by atoms with Crippen LogP contribution in [0.25, 0.3) is 0 Å². The van der Waals surface area contributed by atoms with Crippen LogP contribution in [-0.2, 0) is 4.79 Å². The Morgan fingerprint density at radius 1 is 0.821 bits per heavy atom. The molecule has 0 atom stereocenters. The first kappa shape index (κ1) is 19.2. The third-order valence-electron chi connectivity index (χ3n) is 4.40. The van der Waals surface area contributed by atoms with Gasteiger partial charge in [0.15, 0.2) is 6.61 Å². The van der Waals surface area contributed by atoms with E-state index in [1.807, 2.05) is 50.2 Å². The summed E-state index contributed by atoms with van der Waals surface area (Å²) in [6.07, 6.45) is 0. The van der Waals surface area contributed by atoms with E-state index in [1.165, 1.54) is 0 Å². The zero-order valence-electron chi connectivity index (χ0n) is 15.9. The Kier molecular flexibility index (Phi) is 6.07. The maximum atomic E-state index is 12.4. The first-order valence-corrected chi connectivity index (χ1v) is 8.98. The van der Waals surface area contributed by atoms with E-state index < -0.39 is 0 Å². The number of rotatable bonds is 6. The fraction of sp³-hybridized carbons (Fsp3) is 0.130. The van der Waals surface area contributed by atoms with Crippen LogP contribution in [0.3, 0.4) is 0 Å². The van der Waals surface area contributed by atoms with Crippen LogP contribution in [0, 0.1) is 13.8 Å². The van der Waals surface area contributed by atoms with E-state index in [1.54, 1.807) is 36.4 Å². The highest BCUT2D eigenvalue weighted by Gasteiger charge is 2.09. The van der Waals surface area contributed by atoms with Crippen molar-refractivity contribution in [2.45, 2.75) is 13.8 Å². The number of anilines is 2. The van der Waals surface area contributed by atoms with Crippen LogP contribution in [-0.4, -0.2) is 18.4 Å². The van der Waals surface area contributed by atoms with Crippen molar-refractivity contribution in [2.24, 2.45) is 0 Å². The maximum Gasteiger partial charge on any atom is 0.262 e. The third kappa shape index (κ3) is 4.98. The maximum absolute atomic E-state index is 12.4. The van der Waals surface area contributed by atoms with E-state index in [9.17, 15) is 9.59 Å². The summed E-state index contributed by atoms with van der Waals surface area (Å²) in [5, 5.41) is 5.67. The van der Waals surface area contributed by atoms with Gasteiger partial charge < -0.3 is 15.4 Å². The monoisotopic (exact) mass is 374 g/mol. The summed E-state index contributed by atoms with van der Waals surface area (Å²) >= 11 is 0. The van der Waals surface area contributed by atoms with Gasteiger partial charge in [-0.1, -0.05) is 30.3 Å². The third-order valence-corrected chi connectivity index (χ3v) is 4.40. The van der Waals surface area contributed by atoms with Crippen molar-refractivity contribution in [3.05, 3.63) is 89.5 Å². The number of hydrogen-bond acceptors (Lipinski definition) is 3. The molecule has 3 aromatic carbocycles. The molecular formula is C23H22N2O3. The minimum Gasteiger partial charge on any atom is -0.484 e. The summed E-state index contributed by atoms with van der Waals surface area (Å²) in [4.78, 5) is 24.4. The van der Waals surface area contributed by atoms with Crippen LogP contribution in [0.5, 0.6) is 5.75 Å².